The number of nitrogens with zero attached hydrogens (tertiary/aromatic N) is 3. The maximum Gasteiger partial charge on any atom is 0.260 e. The fourth-order valence-electron chi connectivity index (χ4n) is 2.79. The Balaban J connectivity index is 1.40. The first-order valence-electron chi connectivity index (χ1n) is 8.72. The van der Waals surface area contributed by atoms with Crippen molar-refractivity contribution in [2.45, 2.75) is 6.92 Å². The fourth-order valence-corrected chi connectivity index (χ4v) is 2.79. The van der Waals surface area contributed by atoms with Gasteiger partial charge in [-0.15, -0.1) is 0 Å². The molecule has 3 rings (SSSR count). The molecule has 0 aliphatic carbocycles. The Kier molecular flexibility index (Phi) is 6.19. The first-order valence-corrected chi connectivity index (χ1v) is 8.72. The standard InChI is InChI=1S/C18H20F2N4O4/c1-12-8-16(22-28-12)21-17(25)10-23-4-6-24(7-5-23)18(26)11-27-15-3-2-13(19)9-14(15)20/h2-3,8-9H,4-7,10-11H2,1H3,(H,21,22,25). The molecule has 150 valence electrons. The predicted octanol–water partition coefficient (Wildman–Crippen LogP) is 1.42. The molecule has 1 aliphatic rings. The van der Waals surface area contributed by atoms with Crippen molar-refractivity contribution in [3.8, 4) is 5.75 Å². The second-order valence-corrected chi connectivity index (χ2v) is 6.39. The van der Waals surface area contributed by atoms with Crippen molar-refractivity contribution in [2.75, 3.05) is 44.6 Å². The topological polar surface area (TPSA) is 87.9 Å². The molecule has 8 nitrogen and oxygen atoms in total. The summed E-state index contributed by atoms with van der Waals surface area (Å²) >= 11 is 0. The summed E-state index contributed by atoms with van der Waals surface area (Å²) in [5, 5.41) is 6.34. The number of anilines is 1. The molecule has 1 aromatic carbocycles. The Morgan fingerprint density at radius 2 is 1.96 bits per heavy atom. The van der Waals surface area contributed by atoms with Gasteiger partial charge in [0.25, 0.3) is 5.91 Å². The summed E-state index contributed by atoms with van der Waals surface area (Å²) in [7, 11) is 0. The molecular weight excluding hydrogens is 374 g/mol. The van der Waals surface area contributed by atoms with E-state index in [2.05, 4.69) is 10.5 Å². The van der Waals surface area contributed by atoms with Crippen LogP contribution in [0.15, 0.2) is 28.8 Å². The van der Waals surface area contributed by atoms with Crippen molar-refractivity contribution in [2.24, 2.45) is 0 Å². The van der Waals surface area contributed by atoms with Gasteiger partial charge in [0.15, 0.2) is 24.0 Å². The Hall–Kier alpha value is -3.01. The first-order chi connectivity index (χ1) is 13.4. The predicted molar refractivity (Wildman–Crippen MR) is 94.7 cm³/mol. The molecule has 28 heavy (non-hydrogen) atoms. The molecule has 1 aliphatic heterocycles. The molecule has 1 fully saturated rings. The normalized spacial score (nSPS) is 14.8. The van der Waals surface area contributed by atoms with E-state index in [1.54, 1.807) is 17.9 Å². The summed E-state index contributed by atoms with van der Waals surface area (Å²) in [6, 6.07) is 4.53. The Morgan fingerprint density at radius 3 is 2.61 bits per heavy atom. The van der Waals surface area contributed by atoms with Crippen LogP contribution in [-0.4, -0.2) is 66.1 Å². The minimum atomic E-state index is -0.856. The number of halogens is 2. The van der Waals surface area contributed by atoms with Crippen LogP contribution in [-0.2, 0) is 9.59 Å². The van der Waals surface area contributed by atoms with Crippen LogP contribution in [0, 0.1) is 18.6 Å². The van der Waals surface area contributed by atoms with Gasteiger partial charge in [-0.25, -0.2) is 8.78 Å². The molecule has 1 saturated heterocycles. The molecule has 0 radical (unpaired) electrons. The second-order valence-electron chi connectivity index (χ2n) is 6.39. The van der Waals surface area contributed by atoms with Crippen LogP contribution in [0.5, 0.6) is 5.75 Å². The van der Waals surface area contributed by atoms with Gasteiger partial charge in [0.2, 0.25) is 5.91 Å². The zero-order valence-corrected chi connectivity index (χ0v) is 15.3. The van der Waals surface area contributed by atoms with Gasteiger partial charge in [0, 0.05) is 38.3 Å². The number of amides is 2. The van der Waals surface area contributed by atoms with Crippen LogP contribution < -0.4 is 10.1 Å². The highest BCUT2D eigenvalue weighted by Crippen LogP contribution is 2.17. The Labute approximate surface area is 160 Å². The molecule has 2 aromatic rings. The number of rotatable bonds is 6. The average Bonchev–Trinajstić information content (AvgIpc) is 3.06. The molecule has 0 spiro atoms. The van der Waals surface area contributed by atoms with Crippen molar-refractivity contribution < 1.29 is 27.6 Å². The maximum atomic E-state index is 13.5. The van der Waals surface area contributed by atoms with Gasteiger partial charge in [-0.3, -0.25) is 14.5 Å². The molecule has 2 amide bonds. The average molecular weight is 394 g/mol. The molecule has 1 aromatic heterocycles. The second kappa shape index (κ2) is 8.79. The van der Waals surface area contributed by atoms with E-state index in [4.69, 9.17) is 9.26 Å². The molecule has 0 atom stereocenters. The van der Waals surface area contributed by atoms with Crippen LogP contribution in [0.1, 0.15) is 5.76 Å². The molecule has 0 unspecified atom stereocenters. The monoisotopic (exact) mass is 394 g/mol. The first kappa shape index (κ1) is 19.7. The van der Waals surface area contributed by atoms with E-state index in [0.717, 1.165) is 12.1 Å². The van der Waals surface area contributed by atoms with Gasteiger partial charge < -0.3 is 19.5 Å². The smallest absolute Gasteiger partial charge is 0.260 e. The maximum absolute atomic E-state index is 13.5. The molecule has 0 bridgehead atoms. The van der Waals surface area contributed by atoms with E-state index >= 15 is 0 Å². The SMILES string of the molecule is Cc1cc(NC(=O)CN2CCN(C(=O)COc3ccc(F)cc3F)CC2)no1. The Morgan fingerprint density at radius 1 is 1.21 bits per heavy atom. The Bertz CT molecular complexity index is 850. The van der Waals surface area contributed by atoms with Gasteiger partial charge in [0.1, 0.15) is 11.6 Å². The van der Waals surface area contributed by atoms with E-state index in [1.807, 2.05) is 4.90 Å². The summed E-state index contributed by atoms with van der Waals surface area (Å²) in [5.74, 6) is -1.30. The minimum Gasteiger partial charge on any atom is -0.481 e. The van der Waals surface area contributed by atoms with Crippen molar-refractivity contribution in [3.05, 3.63) is 41.7 Å². The van der Waals surface area contributed by atoms with Crippen LogP contribution in [0.25, 0.3) is 0 Å². The highest BCUT2D eigenvalue weighted by Gasteiger charge is 2.23. The van der Waals surface area contributed by atoms with E-state index in [1.165, 1.54) is 0 Å². The van der Waals surface area contributed by atoms with Gasteiger partial charge >= 0.3 is 0 Å². The summed E-state index contributed by atoms with van der Waals surface area (Å²) in [6.07, 6.45) is 0. The third-order valence-electron chi connectivity index (χ3n) is 4.23. The summed E-state index contributed by atoms with van der Waals surface area (Å²) in [6.45, 7) is 3.44. The lowest BCUT2D eigenvalue weighted by Gasteiger charge is -2.34. The number of benzene rings is 1. The molecule has 10 heteroatoms. The van der Waals surface area contributed by atoms with Crippen LogP contribution >= 0.6 is 0 Å². The zero-order chi connectivity index (χ0) is 20.1. The number of piperazine rings is 1. The van der Waals surface area contributed by atoms with Crippen molar-refractivity contribution in [1.29, 1.82) is 0 Å². The van der Waals surface area contributed by atoms with Gasteiger partial charge in [0.05, 0.1) is 6.54 Å². The molecule has 1 N–H and O–H groups in total. The third kappa shape index (κ3) is 5.26. The number of ether oxygens (including phenoxy) is 1. The highest BCUT2D eigenvalue weighted by molar-refractivity contribution is 5.91. The molecule has 2 heterocycles. The number of carbonyl (C=O) groups is 2. The van der Waals surface area contributed by atoms with Crippen LogP contribution in [0.2, 0.25) is 0 Å². The number of nitrogens with one attached hydrogen (secondary N) is 1. The number of hydrogen-bond donors (Lipinski definition) is 1. The van der Waals surface area contributed by atoms with Crippen molar-refractivity contribution in [3.63, 3.8) is 0 Å². The summed E-state index contributed by atoms with van der Waals surface area (Å²) in [5.41, 5.74) is 0. The van der Waals surface area contributed by atoms with Gasteiger partial charge in [-0.05, 0) is 19.1 Å². The quantitative estimate of drug-likeness (QED) is 0.798. The number of aryl methyl sites for hydroxylation is 1. The zero-order valence-electron chi connectivity index (χ0n) is 15.3. The fraction of sp³-hybridized carbons (Fsp3) is 0.389. The summed E-state index contributed by atoms with van der Waals surface area (Å²) < 4.78 is 36.4. The van der Waals surface area contributed by atoms with Gasteiger partial charge in [-0.1, -0.05) is 5.16 Å². The molecule has 0 saturated carbocycles. The lowest BCUT2D eigenvalue weighted by molar-refractivity contribution is -0.135. The molecular formula is C18H20F2N4O4. The lowest BCUT2D eigenvalue weighted by atomic mass is 10.3. The largest absolute Gasteiger partial charge is 0.481 e. The highest BCUT2D eigenvalue weighted by atomic mass is 19.1. The minimum absolute atomic E-state index is 0.172. The van der Waals surface area contributed by atoms with Crippen LogP contribution in [0.4, 0.5) is 14.6 Å². The number of hydrogen-bond acceptors (Lipinski definition) is 6. The van der Waals surface area contributed by atoms with Crippen molar-refractivity contribution >= 4 is 17.6 Å². The van der Waals surface area contributed by atoms with Gasteiger partial charge in [-0.2, -0.15) is 0 Å². The van der Waals surface area contributed by atoms with E-state index in [-0.39, 0.29) is 30.7 Å². The van der Waals surface area contributed by atoms with E-state index < -0.39 is 11.6 Å². The third-order valence-corrected chi connectivity index (χ3v) is 4.23. The number of aromatic nitrogens is 1. The van der Waals surface area contributed by atoms with Crippen molar-refractivity contribution in [1.82, 2.24) is 15.0 Å². The lowest BCUT2D eigenvalue weighted by Crippen LogP contribution is -2.51. The van der Waals surface area contributed by atoms with E-state index in [0.29, 0.717) is 43.8 Å². The summed E-state index contributed by atoms with van der Waals surface area (Å²) in [4.78, 5) is 27.7. The van der Waals surface area contributed by atoms with Crippen LogP contribution in [0.3, 0.4) is 0 Å². The van der Waals surface area contributed by atoms with E-state index in [9.17, 15) is 18.4 Å². The number of carbonyl (C=O) groups excluding carboxylic acids is 2.